The number of aliphatic hydroxyl groups excluding tert-OH is 1. The van der Waals surface area contributed by atoms with Gasteiger partial charge in [-0.25, -0.2) is 0 Å². The van der Waals surface area contributed by atoms with E-state index in [1.807, 2.05) is 6.92 Å². The predicted molar refractivity (Wildman–Crippen MR) is 28.3 cm³/mol. The second-order valence-electron chi connectivity index (χ2n) is 1.45. The molecule has 48 valence electrons. The van der Waals surface area contributed by atoms with E-state index in [-0.39, 0.29) is 12.7 Å². The molecule has 0 spiro atoms. The molecule has 0 amide bonds. The Labute approximate surface area is 48.3 Å². The van der Waals surface area contributed by atoms with Crippen LogP contribution in [0.3, 0.4) is 0 Å². The Balaban J connectivity index is 3.20. The summed E-state index contributed by atoms with van der Waals surface area (Å²) >= 11 is 0. The average Bonchev–Trinajstić information content (AvgIpc) is 1.83. The molecule has 0 aliphatic carbocycles. The van der Waals surface area contributed by atoms with Crippen LogP contribution in [0.5, 0.6) is 0 Å². The monoisotopic (exact) mass is 118 g/mol. The Morgan fingerprint density at radius 3 is 2.62 bits per heavy atom. The van der Waals surface area contributed by atoms with E-state index in [1.165, 1.54) is 0 Å². The maximum atomic E-state index is 9.60. The van der Waals surface area contributed by atoms with E-state index in [2.05, 4.69) is 4.74 Å². The van der Waals surface area contributed by atoms with E-state index in [1.54, 1.807) is 0 Å². The minimum absolute atomic E-state index is 0.0881. The Hall–Kier alpha value is -0.570. The van der Waals surface area contributed by atoms with Gasteiger partial charge in [0.05, 0.1) is 6.61 Å². The van der Waals surface area contributed by atoms with Crippen LogP contribution in [0.15, 0.2) is 0 Å². The quantitative estimate of drug-likeness (QED) is 0.525. The highest BCUT2D eigenvalue weighted by atomic mass is 16.5. The third kappa shape index (κ3) is 2.58. The van der Waals surface area contributed by atoms with Gasteiger partial charge in [0.25, 0.3) is 6.47 Å². The van der Waals surface area contributed by atoms with Crippen LogP contribution in [0.2, 0.25) is 0 Å². The largest absolute Gasteiger partial charge is 0.462 e. The lowest BCUT2D eigenvalue weighted by molar-refractivity contribution is -0.135. The molecule has 8 heavy (non-hydrogen) atoms. The highest BCUT2D eigenvalue weighted by Gasteiger charge is 2.00. The molecule has 0 aliphatic rings. The topological polar surface area (TPSA) is 46.5 Å². The molecule has 0 saturated heterocycles. The van der Waals surface area contributed by atoms with Crippen LogP contribution in [0.4, 0.5) is 0 Å². The van der Waals surface area contributed by atoms with E-state index in [0.29, 0.717) is 12.9 Å². The van der Waals surface area contributed by atoms with E-state index >= 15 is 0 Å². The smallest absolute Gasteiger partial charge is 0.293 e. The lowest BCUT2D eigenvalue weighted by Gasteiger charge is -2.06. The van der Waals surface area contributed by atoms with Crippen molar-refractivity contribution < 1.29 is 14.6 Å². The van der Waals surface area contributed by atoms with Gasteiger partial charge in [-0.1, -0.05) is 6.92 Å². The minimum Gasteiger partial charge on any atom is -0.462 e. The van der Waals surface area contributed by atoms with Crippen molar-refractivity contribution in [2.45, 2.75) is 19.4 Å². The highest BCUT2D eigenvalue weighted by Crippen LogP contribution is 1.91. The van der Waals surface area contributed by atoms with E-state index in [0.717, 1.165) is 0 Å². The van der Waals surface area contributed by atoms with Gasteiger partial charge in [-0.15, -0.1) is 0 Å². The van der Waals surface area contributed by atoms with Gasteiger partial charge in [0.1, 0.15) is 6.10 Å². The molecule has 0 fully saturated rings. The summed E-state index contributed by atoms with van der Waals surface area (Å²) in [6.45, 7) is 2.10. The molecule has 0 aromatic rings. The third-order valence-corrected chi connectivity index (χ3v) is 0.907. The lowest BCUT2D eigenvalue weighted by atomic mass is 10.3. The van der Waals surface area contributed by atoms with Crippen molar-refractivity contribution in [1.82, 2.24) is 0 Å². The van der Waals surface area contributed by atoms with Gasteiger partial charge in [0.2, 0.25) is 0 Å². The van der Waals surface area contributed by atoms with Crippen molar-refractivity contribution in [3.05, 3.63) is 0 Å². The summed E-state index contributed by atoms with van der Waals surface area (Å²) in [5.41, 5.74) is 0. The van der Waals surface area contributed by atoms with Crippen molar-refractivity contribution in [1.29, 1.82) is 0 Å². The van der Waals surface area contributed by atoms with E-state index in [9.17, 15) is 4.79 Å². The first-order valence-electron chi connectivity index (χ1n) is 2.55. The Morgan fingerprint density at radius 1 is 1.88 bits per heavy atom. The number of ether oxygens (including phenoxy) is 1. The standard InChI is InChI=1S/C5H10O3/c1-2-5(3-6)8-4-7/h4-6H,2-3H2,1H3. The molecule has 1 atom stereocenters. The molecule has 0 rings (SSSR count). The first-order chi connectivity index (χ1) is 3.85. The van der Waals surface area contributed by atoms with Crippen molar-refractivity contribution in [3.63, 3.8) is 0 Å². The predicted octanol–water partition coefficient (Wildman–Crippen LogP) is -0.0697. The molecule has 0 aliphatic heterocycles. The number of rotatable bonds is 4. The van der Waals surface area contributed by atoms with Crippen LogP contribution >= 0.6 is 0 Å². The summed E-state index contributed by atoms with van der Waals surface area (Å²) in [7, 11) is 0. The number of aliphatic hydroxyl groups is 1. The zero-order valence-electron chi connectivity index (χ0n) is 4.83. The number of hydrogen-bond donors (Lipinski definition) is 1. The number of carbonyl (C=O) groups is 1. The molecule has 3 nitrogen and oxygen atoms in total. The van der Waals surface area contributed by atoms with Crippen LogP contribution in [-0.4, -0.2) is 24.3 Å². The summed E-state index contributed by atoms with van der Waals surface area (Å²) in [4.78, 5) is 9.60. The molecular weight excluding hydrogens is 108 g/mol. The van der Waals surface area contributed by atoms with Gasteiger partial charge in [-0.05, 0) is 6.42 Å². The first-order valence-corrected chi connectivity index (χ1v) is 2.55. The second-order valence-corrected chi connectivity index (χ2v) is 1.45. The van der Waals surface area contributed by atoms with Gasteiger partial charge < -0.3 is 9.84 Å². The second kappa shape index (κ2) is 4.59. The summed E-state index contributed by atoms with van der Waals surface area (Å²) in [5.74, 6) is 0. The fourth-order valence-electron chi connectivity index (χ4n) is 0.347. The summed E-state index contributed by atoms with van der Waals surface area (Å²) in [5, 5.41) is 8.37. The number of carbonyl (C=O) groups excluding carboxylic acids is 1. The number of hydrogen-bond acceptors (Lipinski definition) is 3. The molecule has 0 aromatic carbocycles. The van der Waals surface area contributed by atoms with Crippen LogP contribution in [0.1, 0.15) is 13.3 Å². The van der Waals surface area contributed by atoms with Gasteiger partial charge >= 0.3 is 0 Å². The van der Waals surface area contributed by atoms with Crippen molar-refractivity contribution >= 4 is 6.47 Å². The van der Waals surface area contributed by atoms with Crippen molar-refractivity contribution in [2.75, 3.05) is 6.61 Å². The Kier molecular flexibility index (Phi) is 4.26. The maximum Gasteiger partial charge on any atom is 0.293 e. The normalized spacial score (nSPS) is 12.8. The summed E-state index contributed by atoms with van der Waals surface area (Å²) < 4.78 is 4.41. The maximum absolute atomic E-state index is 9.60. The molecule has 0 heterocycles. The Bertz CT molecular complexity index is 58.7. The van der Waals surface area contributed by atoms with Gasteiger partial charge in [-0.3, -0.25) is 4.79 Å². The molecule has 0 saturated carbocycles. The summed E-state index contributed by atoms with van der Waals surface area (Å²) in [6.07, 6.45) is 0.349. The zero-order valence-corrected chi connectivity index (χ0v) is 4.83. The molecule has 3 heteroatoms. The van der Waals surface area contributed by atoms with Crippen LogP contribution in [0, 0.1) is 0 Å². The van der Waals surface area contributed by atoms with Gasteiger partial charge in [0.15, 0.2) is 0 Å². The summed E-state index contributed by atoms with van der Waals surface area (Å²) in [6, 6.07) is 0. The average molecular weight is 118 g/mol. The van der Waals surface area contributed by atoms with Gasteiger partial charge in [-0.2, -0.15) is 0 Å². The third-order valence-electron chi connectivity index (χ3n) is 0.907. The molecule has 1 unspecified atom stereocenters. The van der Waals surface area contributed by atoms with Gasteiger partial charge in [0, 0.05) is 0 Å². The molecule has 1 N–H and O–H groups in total. The van der Waals surface area contributed by atoms with Crippen LogP contribution < -0.4 is 0 Å². The molecule has 0 aromatic heterocycles. The van der Waals surface area contributed by atoms with Crippen molar-refractivity contribution in [3.8, 4) is 0 Å². The van der Waals surface area contributed by atoms with Crippen LogP contribution in [-0.2, 0) is 9.53 Å². The fraction of sp³-hybridized carbons (Fsp3) is 0.800. The molecular formula is C5H10O3. The lowest BCUT2D eigenvalue weighted by Crippen LogP contribution is -2.14. The SMILES string of the molecule is CCC(CO)OC=O. The first kappa shape index (κ1) is 7.43. The van der Waals surface area contributed by atoms with E-state index in [4.69, 9.17) is 5.11 Å². The van der Waals surface area contributed by atoms with E-state index < -0.39 is 0 Å². The molecule has 0 bridgehead atoms. The molecule has 0 radical (unpaired) electrons. The van der Waals surface area contributed by atoms with Crippen molar-refractivity contribution in [2.24, 2.45) is 0 Å². The Morgan fingerprint density at radius 2 is 2.50 bits per heavy atom. The highest BCUT2D eigenvalue weighted by molar-refractivity contribution is 5.37. The minimum atomic E-state index is -0.313. The van der Waals surface area contributed by atoms with Crippen LogP contribution in [0.25, 0.3) is 0 Å². The zero-order chi connectivity index (χ0) is 6.41. The fourth-order valence-corrected chi connectivity index (χ4v) is 0.347.